The second-order valence-corrected chi connectivity index (χ2v) is 6.44. The maximum atomic E-state index is 12.2. The Morgan fingerprint density at radius 2 is 1.96 bits per heavy atom. The van der Waals surface area contributed by atoms with E-state index in [2.05, 4.69) is 5.32 Å². The number of methoxy groups -OCH3 is 1. The molecule has 2 aromatic carbocycles. The number of benzene rings is 2. The van der Waals surface area contributed by atoms with Gasteiger partial charge in [-0.3, -0.25) is 4.79 Å². The van der Waals surface area contributed by atoms with E-state index in [-0.39, 0.29) is 5.56 Å². The number of carbonyl (C=O) groups excluding carboxylic acids is 2. The summed E-state index contributed by atoms with van der Waals surface area (Å²) in [6.45, 7) is 1.46. The third-order valence-electron chi connectivity index (χ3n) is 3.42. The number of hydrogen-bond donors (Lipinski definition) is 1. The van der Waals surface area contributed by atoms with Crippen molar-refractivity contribution in [2.75, 3.05) is 25.3 Å². The second-order valence-electron chi connectivity index (χ2n) is 5.15. The molecule has 7 heteroatoms. The lowest BCUT2D eigenvalue weighted by Gasteiger charge is -2.10. The summed E-state index contributed by atoms with van der Waals surface area (Å²) in [6, 6.07) is 10.3. The molecule has 0 aliphatic rings. The molecular weight excluding hydrogens is 362 g/mol. The summed E-state index contributed by atoms with van der Waals surface area (Å²) in [5.74, 6) is -0.669. The molecule has 2 rings (SSSR count). The lowest BCUT2D eigenvalue weighted by molar-refractivity contribution is -0.119. The first-order valence-corrected chi connectivity index (χ1v) is 9.00. The monoisotopic (exact) mass is 379 g/mol. The molecule has 0 fully saturated rings. The lowest BCUT2D eigenvalue weighted by Crippen LogP contribution is -2.21. The molecule has 0 saturated heterocycles. The highest BCUT2D eigenvalue weighted by atomic mass is 35.5. The molecule has 0 heterocycles. The normalized spacial score (nSPS) is 10.2. The molecule has 0 saturated carbocycles. The minimum absolute atomic E-state index is 0.270. The van der Waals surface area contributed by atoms with E-state index in [1.807, 2.05) is 13.2 Å². The van der Waals surface area contributed by atoms with Crippen molar-refractivity contribution in [3.8, 4) is 5.75 Å². The van der Waals surface area contributed by atoms with E-state index in [0.717, 1.165) is 10.5 Å². The Morgan fingerprint density at radius 1 is 1.20 bits per heavy atom. The summed E-state index contributed by atoms with van der Waals surface area (Å²) in [6.07, 6.45) is 1.93. The maximum Gasteiger partial charge on any atom is 0.342 e. The van der Waals surface area contributed by atoms with Gasteiger partial charge in [0.25, 0.3) is 5.91 Å². The third-order valence-corrected chi connectivity index (χ3v) is 4.55. The van der Waals surface area contributed by atoms with Crippen molar-refractivity contribution in [2.45, 2.75) is 11.8 Å². The molecule has 2 aromatic rings. The zero-order valence-corrected chi connectivity index (χ0v) is 15.7. The van der Waals surface area contributed by atoms with Crippen molar-refractivity contribution in [1.29, 1.82) is 0 Å². The fourth-order valence-electron chi connectivity index (χ4n) is 2.04. The van der Waals surface area contributed by atoms with Crippen LogP contribution < -0.4 is 10.1 Å². The molecule has 1 N–H and O–H groups in total. The van der Waals surface area contributed by atoms with E-state index >= 15 is 0 Å². The molecule has 0 aromatic heterocycles. The largest absolute Gasteiger partial charge is 0.496 e. The van der Waals surface area contributed by atoms with E-state index in [1.165, 1.54) is 18.9 Å². The first-order valence-electron chi connectivity index (χ1n) is 7.39. The average Bonchev–Trinajstić information content (AvgIpc) is 2.62. The molecule has 0 unspecified atom stereocenters. The van der Waals surface area contributed by atoms with Crippen LogP contribution in [0.1, 0.15) is 15.9 Å². The van der Waals surface area contributed by atoms with E-state index in [1.54, 1.807) is 36.4 Å². The highest BCUT2D eigenvalue weighted by Gasteiger charge is 2.16. The molecule has 0 radical (unpaired) electrons. The van der Waals surface area contributed by atoms with Crippen LogP contribution in [0.5, 0.6) is 5.75 Å². The van der Waals surface area contributed by atoms with Crippen molar-refractivity contribution < 1.29 is 19.1 Å². The van der Waals surface area contributed by atoms with Gasteiger partial charge in [0.2, 0.25) is 0 Å². The van der Waals surface area contributed by atoms with Crippen LogP contribution in [0.15, 0.2) is 41.3 Å². The molecule has 0 bridgehead atoms. The van der Waals surface area contributed by atoms with Crippen LogP contribution in [0.4, 0.5) is 5.69 Å². The van der Waals surface area contributed by atoms with Crippen LogP contribution in [0.2, 0.25) is 5.02 Å². The number of aryl methyl sites for hydroxylation is 1. The Kier molecular flexibility index (Phi) is 6.73. The van der Waals surface area contributed by atoms with Gasteiger partial charge in [-0.05, 0) is 49.1 Å². The van der Waals surface area contributed by atoms with Crippen LogP contribution in [-0.4, -0.2) is 31.8 Å². The van der Waals surface area contributed by atoms with E-state index in [0.29, 0.717) is 16.5 Å². The summed E-state index contributed by atoms with van der Waals surface area (Å²) in [7, 11) is 1.48. The standard InChI is InChI=1S/C18H18ClNO4S/c1-11-4-5-12(8-15(11)19)20-17(21)10-24-18(22)14-7-6-13(25-3)9-16(14)23-2/h4-9H,10H2,1-3H3,(H,20,21). The predicted molar refractivity (Wildman–Crippen MR) is 99.9 cm³/mol. The molecular formula is C18H18ClNO4S. The van der Waals surface area contributed by atoms with Gasteiger partial charge in [-0.15, -0.1) is 11.8 Å². The smallest absolute Gasteiger partial charge is 0.342 e. The van der Waals surface area contributed by atoms with Crippen molar-refractivity contribution in [2.24, 2.45) is 0 Å². The zero-order valence-electron chi connectivity index (χ0n) is 14.1. The number of nitrogens with one attached hydrogen (secondary N) is 1. The van der Waals surface area contributed by atoms with Crippen molar-refractivity contribution in [3.05, 3.63) is 52.5 Å². The number of rotatable bonds is 6. The quantitative estimate of drug-likeness (QED) is 0.602. The minimum atomic E-state index is -0.624. The maximum absolute atomic E-state index is 12.2. The van der Waals surface area contributed by atoms with Gasteiger partial charge in [0.1, 0.15) is 11.3 Å². The number of thioether (sulfide) groups is 1. The summed E-state index contributed by atoms with van der Waals surface area (Å²) in [5.41, 5.74) is 1.72. The SMILES string of the molecule is COc1cc(SC)ccc1C(=O)OCC(=O)Nc1ccc(C)c(Cl)c1. The highest BCUT2D eigenvalue weighted by Crippen LogP contribution is 2.26. The first-order chi connectivity index (χ1) is 11.9. The van der Waals surface area contributed by atoms with Gasteiger partial charge in [-0.25, -0.2) is 4.79 Å². The van der Waals surface area contributed by atoms with Gasteiger partial charge < -0.3 is 14.8 Å². The van der Waals surface area contributed by atoms with Crippen molar-refractivity contribution in [3.63, 3.8) is 0 Å². The van der Waals surface area contributed by atoms with E-state index in [4.69, 9.17) is 21.1 Å². The Labute approximate surface area is 155 Å². The average molecular weight is 380 g/mol. The fraction of sp³-hybridized carbons (Fsp3) is 0.222. The molecule has 0 aliphatic heterocycles. The van der Waals surface area contributed by atoms with Gasteiger partial charge >= 0.3 is 5.97 Å². The van der Waals surface area contributed by atoms with Crippen molar-refractivity contribution in [1.82, 2.24) is 0 Å². The van der Waals surface area contributed by atoms with Crippen LogP contribution in [0, 0.1) is 6.92 Å². The van der Waals surface area contributed by atoms with Crippen LogP contribution in [0.25, 0.3) is 0 Å². The Morgan fingerprint density at radius 3 is 2.60 bits per heavy atom. The van der Waals surface area contributed by atoms with Crippen molar-refractivity contribution >= 4 is 40.9 Å². The van der Waals surface area contributed by atoms with Crippen LogP contribution in [0.3, 0.4) is 0 Å². The summed E-state index contributed by atoms with van der Waals surface area (Å²) >= 11 is 7.54. The molecule has 25 heavy (non-hydrogen) atoms. The summed E-state index contributed by atoms with van der Waals surface area (Å²) in [4.78, 5) is 25.1. The third kappa shape index (κ3) is 5.14. The van der Waals surface area contributed by atoms with Crippen LogP contribution in [-0.2, 0) is 9.53 Å². The van der Waals surface area contributed by atoms with Gasteiger partial charge in [-0.1, -0.05) is 17.7 Å². The minimum Gasteiger partial charge on any atom is -0.496 e. The van der Waals surface area contributed by atoms with Gasteiger partial charge in [0, 0.05) is 15.6 Å². The summed E-state index contributed by atoms with van der Waals surface area (Å²) in [5, 5.41) is 3.18. The Hall–Kier alpha value is -2.18. The Balaban J connectivity index is 1.97. The molecule has 0 spiro atoms. The number of hydrogen-bond acceptors (Lipinski definition) is 5. The number of halogens is 1. The number of anilines is 1. The van der Waals surface area contributed by atoms with Crippen LogP contribution >= 0.6 is 23.4 Å². The topological polar surface area (TPSA) is 64.6 Å². The number of amides is 1. The summed E-state index contributed by atoms with van der Waals surface area (Å²) < 4.78 is 10.3. The van der Waals surface area contributed by atoms with Gasteiger partial charge in [0.05, 0.1) is 7.11 Å². The number of ether oxygens (including phenoxy) is 2. The zero-order chi connectivity index (χ0) is 18.4. The first kappa shape index (κ1) is 19.1. The van der Waals surface area contributed by atoms with Gasteiger partial charge in [0.15, 0.2) is 6.61 Å². The predicted octanol–water partition coefficient (Wildman–Crippen LogP) is 4.17. The van der Waals surface area contributed by atoms with E-state index < -0.39 is 18.5 Å². The van der Waals surface area contributed by atoms with E-state index in [9.17, 15) is 9.59 Å². The van der Waals surface area contributed by atoms with Gasteiger partial charge in [-0.2, -0.15) is 0 Å². The molecule has 0 atom stereocenters. The fourth-order valence-corrected chi connectivity index (χ4v) is 2.65. The number of carbonyl (C=O) groups is 2. The molecule has 1 amide bonds. The molecule has 132 valence electrons. The Bertz CT molecular complexity index is 795. The highest BCUT2D eigenvalue weighted by molar-refractivity contribution is 7.98. The number of esters is 1. The second kappa shape index (κ2) is 8.78. The molecule has 0 aliphatic carbocycles. The molecule has 5 nitrogen and oxygen atoms in total. The lowest BCUT2D eigenvalue weighted by atomic mass is 10.2.